The minimum absolute atomic E-state index is 0.0474. The SMILES string of the molecule is CSCC[C@H](NC(=O)CNC(=O)[C@@H](N)CCC(=O)O)C(=O)O. The zero-order valence-corrected chi connectivity index (χ0v) is 13.0. The molecule has 0 heterocycles. The van der Waals surface area contributed by atoms with E-state index in [9.17, 15) is 19.2 Å². The molecule has 2 amide bonds. The van der Waals surface area contributed by atoms with Crippen molar-refractivity contribution in [1.82, 2.24) is 10.6 Å². The van der Waals surface area contributed by atoms with Crippen molar-refractivity contribution in [2.45, 2.75) is 31.3 Å². The Morgan fingerprint density at radius 2 is 1.82 bits per heavy atom. The molecule has 0 fully saturated rings. The van der Waals surface area contributed by atoms with Gasteiger partial charge in [-0.3, -0.25) is 14.4 Å². The van der Waals surface area contributed by atoms with Gasteiger partial charge in [-0.2, -0.15) is 11.8 Å². The summed E-state index contributed by atoms with van der Waals surface area (Å²) < 4.78 is 0. The Hall–Kier alpha value is -1.81. The Labute approximate surface area is 132 Å². The number of carbonyl (C=O) groups is 4. The number of amides is 2. The van der Waals surface area contributed by atoms with Gasteiger partial charge in [0.2, 0.25) is 11.8 Å². The molecule has 6 N–H and O–H groups in total. The lowest BCUT2D eigenvalue weighted by atomic mass is 10.1. The lowest BCUT2D eigenvalue weighted by molar-refractivity contribution is -0.141. The highest BCUT2D eigenvalue weighted by Gasteiger charge is 2.20. The molecular weight excluding hydrogens is 314 g/mol. The van der Waals surface area contributed by atoms with E-state index in [0.717, 1.165) is 0 Å². The molecule has 0 aliphatic carbocycles. The highest BCUT2D eigenvalue weighted by molar-refractivity contribution is 7.98. The third kappa shape index (κ3) is 9.19. The smallest absolute Gasteiger partial charge is 0.326 e. The molecule has 0 aromatic heterocycles. The van der Waals surface area contributed by atoms with Gasteiger partial charge in [0.15, 0.2) is 0 Å². The Balaban J connectivity index is 4.17. The van der Waals surface area contributed by atoms with Gasteiger partial charge in [0, 0.05) is 6.42 Å². The van der Waals surface area contributed by atoms with E-state index in [2.05, 4.69) is 10.6 Å². The van der Waals surface area contributed by atoms with Gasteiger partial charge in [-0.25, -0.2) is 4.79 Å². The molecule has 0 spiro atoms. The predicted octanol–water partition coefficient (Wildman–Crippen LogP) is -1.38. The molecule has 0 aliphatic heterocycles. The van der Waals surface area contributed by atoms with E-state index in [0.29, 0.717) is 5.75 Å². The van der Waals surface area contributed by atoms with Crippen LogP contribution in [0.5, 0.6) is 0 Å². The summed E-state index contributed by atoms with van der Waals surface area (Å²) in [4.78, 5) is 44.4. The summed E-state index contributed by atoms with van der Waals surface area (Å²) >= 11 is 1.46. The molecule has 0 rings (SSSR count). The highest BCUT2D eigenvalue weighted by Crippen LogP contribution is 2.01. The minimum Gasteiger partial charge on any atom is -0.481 e. The number of nitrogens with one attached hydrogen (secondary N) is 2. The van der Waals surface area contributed by atoms with Gasteiger partial charge < -0.3 is 26.6 Å². The van der Waals surface area contributed by atoms with Gasteiger partial charge in [0.1, 0.15) is 6.04 Å². The number of rotatable bonds is 11. The molecule has 2 atom stereocenters. The first-order valence-electron chi connectivity index (χ1n) is 6.54. The third-order valence-electron chi connectivity index (χ3n) is 2.67. The van der Waals surface area contributed by atoms with E-state index < -0.39 is 42.4 Å². The van der Waals surface area contributed by atoms with Crippen LogP contribution in [0.25, 0.3) is 0 Å². The van der Waals surface area contributed by atoms with Gasteiger partial charge in [-0.05, 0) is 24.9 Å². The number of hydrogen-bond acceptors (Lipinski definition) is 6. The largest absolute Gasteiger partial charge is 0.481 e. The summed E-state index contributed by atoms with van der Waals surface area (Å²) in [5.41, 5.74) is 5.46. The average Bonchev–Trinajstić information content (AvgIpc) is 2.45. The van der Waals surface area contributed by atoms with Crippen molar-refractivity contribution in [2.75, 3.05) is 18.6 Å². The zero-order chi connectivity index (χ0) is 17.1. The normalized spacial score (nSPS) is 13.0. The maximum atomic E-state index is 11.6. The zero-order valence-electron chi connectivity index (χ0n) is 12.2. The van der Waals surface area contributed by atoms with Crippen molar-refractivity contribution in [1.29, 1.82) is 0 Å². The number of carboxylic acid groups (broad SMARTS) is 2. The van der Waals surface area contributed by atoms with Gasteiger partial charge in [0.25, 0.3) is 0 Å². The van der Waals surface area contributed by atoms with Crippen molar-refractivity contribution >= 4 is 35.5 Å². The Bertz CT molecular complexity index is 418. The minimum atomic E-state index is -1.15. The predicted molar refractivity (Wildman–Crippen MR) is 80.4 cm³/mol. The summed E-state index contributed by atoms with van der Waals surface area (Å²) in [6, 6.07) is -2.05. The number of aliphatic carboxylic acids is 2. The number of nitrogens with two attached hydrogens (primary N) is 1. The van der Waals surface area contributed by atoms with Crippen LogP contribution in [0.3, 0.4) is 0 Å². The van der Waals surface area contributed by atoms with Crippen LogP contribution in [0.2, 0.25) is 0 Å². The first-order valence-corrected chi connectivity index (χ1v) is 7.93. The van der Waals surface area contributed by atoms with Crippen molar-refractivity contribution in [3.05, 3.63) is 0 Å². The Morgan fingerprint density at radius 1 is 1.18 bits per heavy atom. The van der Waals surface area contributed by atoms with Crippen LogP contribution < -0.4 is 16.4 Å². The fraction of sp³-hybridized carbons (Fsp3) is 0.667. The van der Waals surface area contributed by atoms with Crippen molar-refractivity contribution in [2.24, 2.45) is 5.73 Å². The topological polar surface area (TPSA) is 159 Å². The summed E-state index contributed by atoms with van der Waals surface area (Å²) in [5.74, 6) is -2.95. The van der Waals surface area contributed by atoms with Gasteiger partial charge in [-0.15, -0.1) is 0 Å². The molecule has 10 heteroatoms. The maximum Gasteiger partial charge on any atom is 0.326 e. The number of thioether (sulfide) groups is 1. The second kappa shape index (κ2) is 10.9. The van der Waals surface area contributed by atoms with Crippen LogP contribution in [-0.4, -0.2) is 64.6 Å². The molecule has 9 nitrogen and oxygen atoms in total. The monoisotopic (exact) mass is 335 g/mol. The quantitative estimate of drug-likeness (QED) is 0.309. The van der Waals surface area contributed by atoms with Crippen LogP contribution in [0.15, 0.2) is 0 Å². The van der Waals surface area contributed by atoms with Crippen LogP contribution in [-0.2, 0) is 19.2 Å². The first kappa shape index (κ1) is 20.2. The third-order valence-corrected chi connectivity index (χ3v) is 3.32. The molecule has 0 saturated carbocycles. The summed E-state index contributed by atoms with van der Waals surface area (Å²) in [7, 11) is 0. The summed E-state index contributed by atoms with van der Waals surface area (Å²) in [5, 5.41) is 22.0. The Kier molecular flexibility index (Phi) is 9.96. The first-order chi connectivity index (χ1) is 10.3. The van der Waals surface area contributed by atoms with Gasteiger partial charge in [-0.1, -0.05) is 0 Å². The van der Waals surface area contributed by atoms with E-state index in [-0.39, 0.29) is 19.3 Å². The van der Waals surface area contributed by atoms with E-state index in [1.54, 1.807) is 0 Å². The summed E-state index contributed by atoms with van der Waals surface area (Å²) in [6.45, 7) is -0.414. The van der Waals surface area contributed by atoms with E-state index in [1.807, 2.05) is 6.26 Å². The molecule has 126 valence electrons. The van der Waals surface area contributed by atoms with Gasteiger partial charge >= 0.3 is 11.9 Å². The molecule has 22 heavy (non-hydrogen) atoms. The Morgan fingerprint density at radius 3 is 2.32 bits per heavy atom. The molecule has 0 aliphatic rings. The van der Waals surface area contributed by atoms with Crippen LogP contribution in [0.1, 0.15) is 19.3 Å². The average molecular weight is 335 g/mol. The highest BCUT2D eigenvalue weighted by atomic mass is 32.2. The molecule has 0 aromatic rings. The van der Waals surface area contributed by atoms with E-state index in [4.69, 9.17) is 15.9 Å². The number of hydrogen-bond donors (Lipinski definition) is 5. The molecule has 0 radical (unpaired) electrons. The maximum absolute atomic E-state index is 11.6. The number of carbonyl (C=O) groups excluding carboxylic acids is 2. The molecule has 0 aromatic carbocycles. The molecular formula is C12H21N3O6S. The second-order valence-corrected chi connectivity index (χ2v) is 5.48. The fourth-order valence-corrected chi connectivity index (χ4v) is 1.92. The van der Waals surface area contributed by atoms with E-state index in [1.165, 1.54) is 11.8 Å². The fourth-order valence-electron chi connectivity index (χ4n) is 1.45. The summed E-state index contributed by atoms with van der Waals surface area (Å²) in [6.07, 6.45) is 1.79. The second-order valence-electron chi connectivity index (χ2n) is 4.50. The lowest BCUT2D eigenvalue weighted by Gasteiger charge is -2.15. The van der Waals surface area contributed by atoms with Crippen molar-refractivity contribution in [3.63, 3.8) is 0 Å². The molecule has 0 saturated heterocycles. The van der Waals surface area contributed by atoms with Gasteiger partial charge in [0.05, 0.1) is 12.6 Å². The van der Waals surface area contributed by atoms with Crippen molar-refractivity contribution in [3.8, 4) is 0 Å². The lowest BCUT2D eigenvalue weighted by Crippen LogP contribution is -2.48. The van der Waals surface area contributed by atoms with E-state index >= 15 is 0 Å². The number of carboxylic acids is 2. The molecule has 0 bridgehead atoms. The van der Waals surface area contributed by atoms with Crippen LogP contribution >= 0.6 is 11.8 Å². The van der Waals surface area contributed by atoms with Crippen LogP contribution in [0.4, 0.5) is 0 Å². The standard InChI is InChI=1S/C12H21N3O6S/c1-22-5-4-8(12(20)21)15-9(16)6-14-11(19)7(13)2-3-10(17)18/h7-8H,2-6,13H2,1H3,(H,14,19)(H,15,16)(H,17,18)(H,20,21)/t7-,8-/m0/s1. The molecule has 0 unspecified atom stereocenters. The van der Waals surface area contributed by atoms with Crippen LogP contribution in [0, 0.1) is 0 Å². The van der Waals surface area contributed by atoms with Crippen molar-refractivity contribution < 1.29 is 29.4 Å².